The van der Waals surface area contributed by atoms with Crippen molar-refractivity contribution in [2.75, 3.05) is 13.7 Å². The topological polar surface area (TPSA) is 59.6 Å². The monoisotopic (exact) mass is 202 g/mol. The fourth-order valence-electron chi connectivity index (χ4n) is 1.23. The molecular formula is C9H18N2O3. The predicted molar refractivity (Wildman–Crippen MR) is 51.7 cm³/mol. The largest absolute Gasteiger partial charge is 0.356 e. The van der Waals surface area contributed by atoms with Gasteiger partial charge in [0.1, 0.15) is 6.23 Å². The lowest BCUT2D eigenvalue weighted by Crippen LogP contribution is -2.60. The highest BCUT2D eigenvalue weighted by atomic mass is 16.7. The molecule has 2 amide bonds. The molecular weight excluding hydrogens is 184 g/mol. The van der Waals surface area contributed by atoms with Crippen molar-refractivity contribution in [3.63, 3.8) is 0 Å². The average molecular weight is 202 g/mol. The molecule has 2 unspecified atom stereocenters. The van der Waals surface area contributed by atoms with Gasteiger partial charge in [0.05, 0.1) is 0 Å². The van der Waals surface area contributed by atoms with Gasteiger partial charge in [-0.15, -0.1) is 0 Å². The van der Waals surface area contributed by atoms with E-state index in [0.29, 0.717) is 6.54 Å². The molecule has 0 bridgehead atoms. The number of rotatable bonds is 3. The number of methoxy groups -OCH3 is 1. The van der Waals surface area contributed by atoms with Crippen molar-refractivity contribution in [2.24, 2.45) is 5.41 Å². The van der Waals surface area contributed by atoms with Crippen LogP contribution in [-0.2, 0) is 9.47 Å². The molecule has 0 aliphatic carbocycles. The minimum atomic E-state index is -0.322. The number of urea groups is 1. The molecule has 0 spiro atoms. The summed E-state index contributed by atoms with van der Waals surface area (Å²) >= 11 is 0. The van der Waals surface area contributed by atoms with Gasteiger partial charge in [-0.1, -0.05) is 13.8 Å². The quantitative estimate of drug-likeness (QED) is 0.661. The normalized spacial score (nSPS) is 27.7. The van der Waals surface area contributed by atoms with Gasteiger partial charge < -0.3 is 20.1 Å². The number of carbonyl (C=O) groups excluding carboxylic acids is 1. The van der Waals surface area contributed by atoms with Crippen molar-refractivity contribution in [1.29, 1.82) is 0 Å². The summed E-state index contributed by atoms with van der Waals surface area (Å²) in [5, 5.41) is 5.44. The zero-order valence-electron chi connectivity index (χ0n) is 9.09. The number of hydrogen-bond acceptors (Lipinski definition) is 3. The summed E-state index contributed by atoms with van der Waals surface area (Å²) in [6, 6.07) is -0.197. The van der Waals surface area contributed by atoms with Gasteiger partial charge in [-0.05, 0) is 6.92 Å². The molecule has 0 aromatic carbocycles. The number of ether oxygens (including phenoxy) is 2. The summed E-state index contributed by atoms with van der Waals surface area (Å²) in [6.07, 6.45) is -0.635. The average Bonchev–Trinajstić information content (AvgIpc) is 2.12. The Morgan fingerprint density at radius 1 is 1.57 bits per heavy atom. The third kappa shape index (κ3) is 2.59. The van der Waals surface area contributed by atoms with E-state index in [2.05, 4.69) is 10.6 Å². The SMILES string of the molecule is COC(C)OC1NC(=O)NCC1(C)C. The van der Waals surface area contributed by atoms with Crippen LogP contribution in [0.4, 0.5) is 4.79 Å². The van der Waals surface area contributed by atoms with Crippen molar-refractivity contribution in [3.05, 3.63) is 0 Å². The minimum Gasteiger partial charge on any atom is -0.356 e. The van der Waals surface area contributed by atoms with Crippen molar-refractivity contribution in [1.82, 2.24) is 10.6 Å². The summed E-state index contributed by atoms with van der Waals surface area (Å²) in [6.45, 7) is 6.43. The Bertz CT molecular complexity index is 218. The Morgan fingerprint density at radius 2 is 2.21 bits per heavy atom. The number of nitrogens with one attached hydrogen (secondary N) is 2. The molecule has 0 saturated carbocycles. The molecule has 2 N–H and O–H groups in total. The smallest absolute Gasteiger partial charge is 0.316 e. The summed E-state index contributed by atoms with van der Waals surface area (Å²) in [7, 11) is 1.57. The fraction of sp³-hybridized carbons (Fsp3) is 0.889. The van der Waals surface area contributed by atoms with Gasteiger partial charge in [0.2, 0.25) is 0 Å². The molecule has 1 aliphatic rings. The predicted octanol–water partition coefficient (Wildman–Crippen LogP) is 0.660. The van der Waals surface area contributed by atoms with E-state index in [9.17, 15) is 4.79 Å². The Hall–Kier alpha value is -0.810. The summed E-state index contributed by atoms with van der Waals surface area (Å²) in [5.74, 6) is 0. The van der Waals surface area contributed by atoms with E-state index < -0.39 is 0 Å². The summed E-state index contributed by atoms with van der Waals surface area (Å²) in [4.78, 5) is 11.1. The molecule has 0 aromatic heterocycles. The minimum absolute atomic E-state index is 0.138. The second kappa shape index (κ2) is 4.14. The molecule has 1 rings (SSSR count). The first-order valence-electron chi connectivity index (χ1n) is 4.68. The molecule has 14 heavy (non-hydrogen) atoms. The second-order valence-electron chi connectivity index (χ2n) is 4.14. The van der Waals surface area contributed by atoms with E-state index in [1.165, 1.54) is 0 Å². The lowest BCUT2D eigenvalue weighted by molar-refractivity contribution is -0.180. The van der Waals surface area contributed by atoms with E-state index in [0.717, 1.165) is 0 Å². The van der Waals surface area contributed by atoms with Crippen LogP contribution in [-0.4, -0.2) is 32.2 Å². The maximum atomic E-state index is 11.1. The van der Waals surface area contributed by atoms with Gasteiger partial charge in [0.15, 0.2) is 6.29 Å². The Kier molecular flexibility index (Phi) is 3.34. The lowest BCUT2D eigenvalue weighted by Gasteiger charge is -2.39. The van der Waals surface area contributed by atoms with Gasteiger partial charge in [-0.3, -0.25) is 0 Å². The van der Waals surface area contributed by atoms with Gasteiger partial charge in [-0.25, -0.2) is 4.79 Å². The molecule has 0 aromatic rings. The number of hydrogen-bond donors (Lipinski definition) is 2. The van der Waals surface area contributed by atoms with Crippen molar-refractivity contribution >= 4 is 6.03 Å². The summed E-state index contributed by atoms with van der Waals surface area (Å²) < 4.78 is 10.5. The van der Waals surface area contributed by atoms with Crippen molar-refractivity contribution in [3.8, 4) is 0 Å². The molecule has 0 radical (unpaired) electrons. The van der Waals surface area contributed by atoms with Gasteiger partial charge in [0.25, 0.3) is 0 Å². The molecule has 1 saturated heterocycles. The molecule has 2 atom stereocenters. The van der Waals surface area contributed by atoms with Crippen LogP contribution >= 0.6 is 0 Å². The Balaban J connectivity index is 2.58. The maximum Gasteiger partial charge on any atom is 0.316 e. The van der Waals surface area contributed by atoms with Gasteiger partial charge in [0, 0.05) is 19.1 Å². The first-order valence-corrected chi connectivity index (χ1v) is 4.68. The van der Waals surface area contributed by atoms with Crippen LogP contribution in [0.5, 0.6) is 0 Å². The molecule has 1 heterocycles. The van der Waals surface area contributed by atoms with Crippen LogP contribution in [0.1, 0.15) is 20.8 Å². The molecule has 5 heteroatoms. The van der Waals surface area contributed by atoms with Crippen LogP contribution < -0.4 is 10.6 Å². The highest BCUT2D eigenvalue weighted by molar-refractivity contribution is 5.75. The van der Waals surface area contributed by atoms with E-state index in [-0.39, 0.29) is 24.0 Å². The third-order valence-electron chi connectivity index (χ3n) is 2.34. The Labute approximate surface area is 84.1 Å². The van der Waals surface area contributed by atoms with Crippen LogP contribution in [0, 0.1) is 5.41 Å². The third-order valence-corrected chi connectivity index (χ3v) is 2.34. The highest BCUT2D eigenvalue weighted by Gasteiger charge is 2.37. The fourth-order valence-corrected chi connectivity index (χ4v) is 1.23. The second-order valence-corrected chi connectivity index (χ2v) is 4.14. The van der Waals surface area contributed by atoms with E-state index in [1.807, 2.05) is 13.8 Å². The van der Waals surface area contributed by atoms with Crippen molar-refractivity contribution < 1.29 is 14.3 Å². The van der Waals surface area contributed by atoms with E-state index in [1.54, 1.807) is 14.0 Å². The van der Waals surface area contributed by atoms with Crippen LogP contribution in [0.25, 0.3) is 0 Å². The van der Waals surface area contributed by atoms with E-state index in [4.69, 9.17) is 9.47 Å². The van der Waals surface area contributed by atoms with Crippen LogP contribution in [0.3, 0.4) is 0 Å². The standard InChI is InChI=1S/C9H18N2O3/c1-6(13-4)14-7-9(2,3)5-10-8(12)11-7/h6-7H,5H2,1-4H3,(H2,10,11,12). The van der Waals surface area contributed by atoms with Gasteiger partial charge in [-0.2, -0.15) is 0 Å². The van der Waals surface area contributed by atoms with Crippen LogP contribution in [0.2, 0.25) is 0 Å². The summed E-state index contributed by atoms with van der Waals surface area (Å²) in [5.41, 5.74) is -0.138. The maximum absolute atomic E-state index is 11.1. The molecule has 82 valence electrons. The number of amides is 2. The molecule has 1 fully saturated rings. The first kappa shape index (κ1) is 11.3. The zero-order valence-corrected chi connectivity index (χ0v) is 9.09. The highest BCUT2D eigenvalue weighted by Crippen LogP contribution is 2.24. The van der Waals surface area contributed by atoms with Crippen molar-refractivity contribution in [2.45, 2.75) is 33.3 Å². The van der Waals surface area contributed by atoms with Gasteiger partial charge >= 0.3 is 6.03 Å². The molecule has 5 nitrogen and oxygen atoms in total. The first-order chi connectivity index (χ1) is 6.45. The molecule has 1 aliphatic heterocycles. The van der Waals surface area contributed by atoms with Crippen LogP contribution in [0.15, 0.2) is 0 Å². The number of carbonyl (C=O) groups is 1. The Morgan fingerprint density at radius 3 is 2.79 bits per heavy atom. The zero-order chi connectivity index (χ0) is 10.8. The van der Waals surface area contributed by atoms with E-state index >= 15 is 0 Å². The lowest BCUT2D eigenvalue weighted by atomic mass is 9.89.